The Balaban J connectivity index is 1.93. The maximum Gasteiger partial charge on any atom is 0.163 e. The molecule has 0 saturated carbocycles. The standard InChI is InChI=1S/C18H14N6O/c1-12-3-2-4-16(21-12)18-22-13(11-25)9-24(18)14-5-6-17-20-8-15(7-19)23(17)10-14/h2-6,8-10,25H,11H2,1H3. The van der Waals surface area contributed by atoms with Crippen molar-refractivity contribution < 1.29 is 5.11 Å². The summed E-state index contributed by atoms with van der Waals surface area (Å²) < 4.78 is 3.58. The van der Waals surface area contributed by atoms with E-state index in [1.54, 1.807) is 10.6 Å². The average molecular weight is 330 g/mol. The number of hydrogen-bond donors (Lipinski definition) is 1. The van der Waals surface area contributed by atoms with Gasteiger partial charge in [-0.3, -0.25) is 8.97 Å². The number of aliphatic hydroxyl groups excluding tert-OH is 1. The molecule has 4 rings (SSSR count). The molecule has 0 radical (unpaired) electrons. The summed E-state index contributed by atoms with van der Waals surface area (Å²) in [5.41, 5.74) is 4.09. The lowest BCUT2D eigenvalue weighted by molar-refractivity contribution is 0.277. The third kappa shape index (κ3) is 2.55. The monoisotopic (exact) mass is 330 g/mol. The Hall–Kier alpha value is -3.50. The zero-order valence-electron chi connectivity index (χ0n) is 13.5. The van der Waals surface area contributed by atoms with Crippen LogP contribution in [0.1, 0.15) is 17.1 Å². The highest BCUT2D eigenvalue weighted by Crippen LogP contribution is 2.23. The Kier molecular flexibility index (Phi) is 3.52. The molecule has 4 aromatic heterocycles. The molecule has 25 heavy (non-hydrogen) atoms. The van der Waals surface area contributed by atoms with Crippen LogP contribution in [0.5, 0.6) is 0 Å². The van der Waals surface area contributed by atoms with Gasteiger partial charge in [0.05, 0.1) is 24.2 Å². The van der Waals surface area contributed by atoms with Crippen molar-refractivity contribution in [3.8, 4) is 23.3 Å². The summed E-state index contributed by atoms with van der Waals surface area (Å²) in [5, 5.41) is 18.7. The van der Waals surface area contributed by atoms with Gasteiger partial charge in [0.2, 0.25) is 0 Å². The van der Waals surface area contributed by atoms with E-state index in [2.05, 4.69) is 21.0 Å². The smallest absolute Gasteiger partial charge is 0.163 e. The fraction of sp³-hybridized carbons (Fsp3) is 0.111. The van der Waals surface area contributed by atoms with E-state index in [9.17, 15) is 10.4 Å². The van der Waals surface area contributed by atoms with Crippen LogP contribution >= 0.6 is 0 Å². The molecule has 0 atom stereocenters. The van der Waals surface area contributed by atoms with Crippen molar-refractivity contribution in [2.24, 2.45) is 0 Å². The molecule has 4 heterocycles. The Morgan fingerprint density at radius 3 is 2.80 bits per heavy atom. The first-order valence-corrected chi connectivity index (χ1v) is 7.70. The molecular weight excluding hydrogens is 316 g/mol. The van der Waals surface area contributed by atoms with Crippen molar-refractivity contribution >= 4 is 5.65 Å². The van der Waals surface area contributed by atoms with Gasteiger partial charge in [0.1, 0.15) is 23.1 Å². The molecule has 1 N–H and O–H groups in total. The van der Waals surface area contributed by atoms with Crippen LogP contribution in [-0.2, 0) is 6.61 Å². The van der Waals surface area contributed by atoms with Gasteiger partial charge in [-0.15, -0.1) is 0 Å². The Morgan fingerprint density at radius 1 is 1.16 bits per heavy atom. The molecule has 0 aliphatic rings. The third-order valence-electron chi connectivity index (χ3n) is 3.92. The van der Waals surface area contributed by atoms with Crippen molar-refractivity contribution in [1.82, 2.24) is 23.9 Å². The minimum Gasteiger partial charge on any atom is -0.390 e. The van der Waals surface area contributed by atoms with Crippen molar-refractivity contribution in [3.63, 3.8) is 0 Å². The SMILES string of the molecule is Cc1cccc(-c2nc(CO)cn2-c2ccc3ncc(C#N)n3c2)n1. The number of fused-ring (bicyclic) bond motifs is 1. The van der Waals surface area contributed by atoms with Crippen molar-refractivity contribution in [2.75, 3.05) is 0 Å². The maximum absolute atomic E-state index is 9.49. The molecule has 0 aliphatic heterocycles. The Labute approximate surface area is 143 Å². The Morgan fingerprint density at radius 2 is 2.04 bits per heavy atom. The van der Waals surface area contributed by atoms with Crippen LogP contribution in [0, 0.1) is 18.3 Å². The number of aryl methyl sites for hydroxylation is 1. The van der Waals surface area contributed by atoms with Crippen LogP contribution in [0.3, 0.4) is 0 Å². The summed E-state index contributed by atoms with van der Waals surface area (Å²) in [5.74, 6) is 0.630. The number of aliphatic hydroxyl groups is 1. The van der Waals surface area contributed by atoms with Crippen LogP contribution in [0.2, 0.25) is 0 Å². The van der Waals surface area contributed by atoms with E-state index in [0.717, 1.165) is 11.4 Å². The Bertz CT molecular complexity index is 1120. The zero-order valence-corrected chi connectivity index (χ0v) is 13.5. The van der Waals surface area contributed by atoms with Gasteiger partial charge in [0.25, 0.3) is 0 Å². The van der Waals surface area contributed by atoms with Gasteiger partial charge in [0.15, 0.2) is 5.82 Å². The van der Waals surface area contributed by atoms with Gasteiger partial charge < -0.3 is 5.11 Å². The second-order valence-electron chi connectivity index (χ2n) is 5.62. The summed E-state index contributed by atoms with van der Waals surface area (Å²) in [6, 6.07) is 11.6. The summed E-state index contributed by atoms with van der Waals surface area (Å²) in [6.07, 6.45) is 5.13. The molecule has 7 nitrogen and oxygen atoms in total. The van der Waals surface area contributed by atoms with Gasteiger partial charge in [0, 0.05) is 18.1 Å². The first-order valence-electron chi connectivity index (χ1n) is 7.70. The van der Waals surface area contributed by atoms with Gasteiger partial charge in [-0.1, -0.05) is 6.07 Å². The van der Waals surface area contributed by atoms with Crippen LogP contribution in [0.25, 0.3) is 22.9 Å². The van der Waals surface area contributed by atoms with E-state index >= 15 is 0 Å². The maximum atomic E-state index is 9.49. The van der Waals surface area contributed by atoms with Crippen LogP contribution in [0.15, 0.2) is 48.9 Å². The highest BCUT2D eigenvalue weighted by atomic mass is 16.3. The molecular formula is C18H14N6O. The number of hydrogen-bond acceptors (Lipinski definition) is 5. The molecule has 0 unspecified atom stereocenters. The summed E-state index contributed by atoms with van der Waals surface area (Å²) in [4.78, 5) is 13.2. The third-order valence-corrected chi connectivity index (χ3v) is 3.92. The van der Waals surface area contributed by atoms with Crippen LogP contribution < -0.4 is 0 Å². The van der Waals surface area contributed by atoms with E-state index < -0.39 is 0 Å². The zero-order chi connectivity index (χ0) is 17.4. The van der Waals surface area contributed by atoms with E-state index in [1.165, 1.54) is 6.20 Å². The lowest BCUT2D eigenvalue weighted by atomic mass is 10.3. The molecule has 7 heteroatoms. The average Bonchev–Trinajstić information content (AvgIpc) is 3.25. The summed E-state index contributed by atoms with van der Waals surface area (Å²) >= 11 is 0. The fourth-order valence-electron chi connectivity index (χ4n) is 2.74. The lowest BCUT2D eigenvalue weighted by Gasteiger charge is -2.08. The highest BCUT2D eigenvalue weighted by molar-refractivity contribution is 5.57. The number of pyridine rings is 2. The van der Waals surface area contributed by atoms with Crippen LogP contribution in [-0.4, -0.2) is 29.0 Å². The van der Waals surface area contributed by atoms with Crippen molar-refractivity contribution in [3.05, 3.63) is 66.0 Å². The van der Waals surface area contributed by atoms with Gasteiger partial charge in [-0.05, 0) is 31.2 Å². The minimum absolute atomic E-state index is 0.164. The van der Waals surface area contributed by atoms with Crippen molar-refractivity contribution in [2.45, 2.75) is 13.5 Å². The number of rotatable bonds is 3. The molecule has 0 saturated heterocycles. The first-order chi connectivity index (χ1) is 12.2. The number of nitrogens with zero attached hydrogens (tertiary/aromatic N) is 6. The first kappa shape index (κ1) is 15.1. The number of nitriles is 1. The van der Waals surface area contributed by atoms with E-state index in [0.29, 0.717) is 28.6 Å². The van der Waals surface area contributed by atoms with E-state index in [-0.39, 0.29) is 6.61 Å². The van der Waals surface area contributed by atoms with E-state index in [1.807, 2.05) is 48.0 Å². The second kappa shape index (κ2) is 5.85. The molecule has 122 valence electrons. The fourth-order valence-corrected chi connectivity index (χ4v) is 2.74. The van der Waals surface area contributed by atoms with Crippen LogP contribution in [0.4, 0.5) is 0 Å². The van der Waals surface area contributed by atoms with Gasteiger partial charge in [-0.25, -0.2) is 15.0 Å². The molecule has 0 aliphatic carbocycles. The largest absolute Gasteiger partial charge is 0.390 e. The minimum atomic E-state index is -0.164. The summed E-state index contributed by atoms with van der Waals surface area (Å²) in [6.45, 7) is 1.75. The normalized spacial score (nSPS) is 10.9. The number of aromatic nitrogens is 5. The van der Waals surface area contributed by atoms with Gasteiger partial charge in [-0.2, -0.15) is 5.26 Å². The molecule has 4 aromatic rings. The molecule has 0 aromatic carbocycles. The highest BCUT2D eigenvalue weighted by Gasteiger charge is 2.14. The lowest BCUT2D eigenvalue weighted by Crippen LogP contribution is -2.00. The topological polar surface area (TPSA) is 92.0 Å². The molecule has 0 fully saturated rings. The summed E-state index contributed by atoms with van der Waals surface area (Å²) in [7, 11) is 0. The molecule has 0 spiro atoms. The van der Waals surface area contributed by atoms with Crippen molar-refractivity contribution in [1.29, 1.82) is 5.26 Å². The molecule has 0 bridgehead atoms. The quantitative estimate of drug-likeness (QED) is 0.622. The molecule has 0 amide bonds. The number of imidazole rings is 2. The van der Waals surface area contributed by atoms with Gasteiger partial charge >= 0.3 is 0 Å². The second-order valence-corrected chi connectivity index (χ2v) is 5.62. The van der Waals surface area contributed by atoms with E-state index in [4.69, 9.17) is 0 Å². The predicted octanol–water partition coefficient (Wildman–Crippen LogP) is 2.25. The predicted molar refractivity (Wildman–Crippen MR) is 90.9 cm³/mol.